The SMILES string of the molecule is Cc1cccc2[nH]c(=S)n(Cc3ccncn3)c12. The second-order valence-electron chi connectivity index (χ2n) is 4.19. The third-order valence-corrected chi connectivity index (χ3v) is 3.28. The lowest BCUT2D eigenvalue weighted by molar-refractivity contribution is 0.778. The number of H-pyrrole nitrogens is 1. The summed E-state index contributed by atoms with van der Waals surface area (Å²) in [6.07, 6.45) is 3.30. The highest BCUT2D eigenvalue weighted by atomic mass is 32.1. The Morgan fingerprint density at radius 2 is 2.22 bits per heavy atom. The van der Waals surface area contributed by atoms with Crippen LogP contribution >= 0.6 is 12.2 Å². The fourth-order valence-electron chi connectivity index (χ4n) is 2.13. The highest BCUT2D eigenvalue weighted by Gasteiger charge is 2.07. The molecule has 0 amide bonds. The average molecular weight is 256 g/mol. The molecule has 1 aromatic carbocycles. The topological polar surface area (TPSA) is 46.5 Å². The van der Waals surface area contributed by atoms with Crippen molar-refractivity contribution in [3.05, 3.63) is 52.8 Å². The van der Waals surface area contributed by atoms with Gasteiger partial charge in [0.2, 0.25) is 0 Å². The Bertz CT molecular complexity index is 743. The number of rotatable bonds is 2. The van der Waals surface area contributed by atoms with E-state index in [9.17, 15) is 0 Å². The van der Waals surface area contributed by atoms with Crippen molar-refractivity contribution < 1.29 is 0 Å². The number of benzene rings is 1. The number of hydrogen-bond acceptors (Lipinski definition) is 3. The Balaban J connectivity index is 2.17. The molecular weight excluding hydrogens is 244 g/mol. The van der Waals surface area contributed by atoms with Gasteiger partial charge in [-0.25, -0.2) is 9.97 Å². The highest BCUT2D eigenvalue weighted by molar-refractivity contribution is 7.71. The first kappa shape index (κ1) is 11.1. The standard InChI is InChI=1S/C13H12N4S/c1-9-3-2-4-11-12(9)17(13(18)16-11)7-10-5-6-14-8-15-10/h2-6,8H,7H2,1H3,(H,16,18). The first-order chi connectivity index (χ1) is 8.75. The molecule has 0 spiro atoms. The van der Waals surface area contributed by atoms with E-state index < -0.39 is 0 Å². The lowest BCUT2D eigenvalue weighted by Crippen LogP contribution is -2.02. The van der Waals surface area contributed by atoms with E-state index >= 15 is 0 Å². The molecule has 0 bridgehead atoms. The summed E-state index contributed by atoms with van der Waals surface area (Å²) in [7, 11) is 0. The van der Waals surface area contributed by atoms with Gasteiger partial charge in [0, 0.05) is 6.20 Å². The van der Waals surface area contributed by atoms with Crippen LogP contribution in [0.15, 0.2) is 36.8 Å². The number of para-hydroxylation sites is 1. The molecule has 0 aliphatic carbocycles. The van der Waals surface area contributed by atoms with Crippen molar-refractivity contribution in [1.29, 1.82) is 0 Å². The Morgan fingerprint density at radius 1 is 1.33 bits per heavy atom. The van der Waals surface area contributed by atoms with Gasteiger partial charge in [-0.05, 0) is 36.8 Å². The minimum atomic E-state index is 0.659. The van der Waals surface area contributed by atoms with E-state index in [0.29, 0.717) is 6.54 Å². The zero-order chi connectivity index (χ0) is 12.5. The van der Waals surface area contributed by atoms with Gasteiger partial charge < -0.3 is 9.55 Å². The van der Waals surface area contributed by atoms with Crippen LogP contribution in [0.1, 0.15) is 11.3 Å². The predicted octanol–water partition coefficient (Wildman–Crippen LogP) is 2.85. The molecular formula is C13H12N4S. The molecule has 5 heteroatoms. The van der Waals surface area contributed by atoms with Crippen LogP contribution in [0.25, 0.3) is 11.0 Å². The van der Waals surface area contributed by atoms with Crippen molar-refractivity contribution in [3.63, 3.8) is 0 Å². The van der Waals surface area contributed by atoms with Crippen LogP contribution in [0.5, 0.6) is 0 Å². The molecule has 90 valence electrons. The lowest BCUT2D eigenvalue weighted by Gasteiger charge is -2.05. The van der Waals surface area contributed by atoms with Gasteiger partial charge in [0.1, 0.15) is 6.33 Å². The Labute approximate surface area is 109 Å². The van der Waals surface area contributed by atoms with Crippen LogP contribution in [-0.4, -0.2) is 19.5 Å². The zero-order valence-electron chi connectivity index (χ0n) is 9.92. The van der Waals surface area contributed by atoms with Crippen LogP contribution in [0.2, 0.25) is 0 Å². The number of fused-ring (bicyclic) bond motifs is 1. The Hall–Kier alpha value is -2.01. The normalized spacial score (nSPS) is 10.9. The third kappa shape index (κ3) is 1.82. The Morgan fingerprint density at radius 3 is 3.00 bits per heavy atom. The van der Waals surface area contributed by atoms with E-state index in [0.717, 1.165) is 21.5 Å². The van der Waals surface area contributed by atoms with Gasteiger partial charge in [-0.15, -0.1) is 0 Å². The summed E-state index contributed by atoms with van der Waals surface area (Å²) in [5.41, 5.74) is 4.36. The Kier molecular flexibility index (Phi) is 2.68. The van der Waals surface area contributed by atoms with Crippen molar-refractivity contribution in [1.82, 2.24) is 19.5 Å². The number of nitrogens with zero attached hydrogens (tertiary/aromatic N) is 3. The number of aryl methyl sites for hydroxylation is 1. The van der Waals surface area contributed by atoms with E-state index in [1.54, 1.807) is 12.5 Å². The molecule has 0 saturated carbocycles. The van der Waals surface area contributed by atoms with Gasteiger partial charge in [0.25, 0.3) is 0 Å². The predicted molar refractivity (Wildman–Crippen MR) is 73.0 cm³/mol. The highest BCUT2D eigenvalue weighted by Crippen LogP contribution is 2.19. The quantitative estimate of drug-likeness (QED) is 0.717. The molecule has 4 nitrogen and oxygen atoms in total. The first-order valence-corrected chi connectivity index (χ1v) is 6.09. The summed E-state index contributed by atoms with van der Waals surface area (Å²) in [5.74, 6) is 0. The van der Waals surface area contributed by atoms with Gasteiger partial charge in [0.05, 0.1) is 23.3 Å². The molecule has 0 atom stereocenters. The maximum Gasteiger partial charge on any atom is 0.178 e. The molecule has 3 aromatic rings. The summed E-state index contributed by atoms with van der Waals surface area (Å²) in [6.45, 7) is 2.74. The fourth-order valence-corrected chi connectivity index (χ4v) is 2.39. The van der Waals surface area contributed by atoms with Gasteiger partial charge in [-0.3, -0.25) is 0 Å². The van der Waals surface area contributed by atoms with Crippen molar-refractivity contribution in [3.8, 4) is 0 Å². The summed E-state index contributed by atoms with van der Waals surface area (Å²) in [4.78, 5) is 11.4. The minimum absolute atomic E-state index is 0.659. The molecule has 18 heavy (non-hydrogen) atoms. The largest absolute Gasteiger partial charge is 0.331 e. The second-order valence-corrected chi connectivity index (χ2v) is 4.57. The first-order valence-electron chi connectivity index (χ1n) is 5.69. The monoisotopic (exact) mass is 256 g/mol. The third-order valence-electron chi connectivity index (χ3n) is 2.96. The zero-order valence-corrected chi connectivity index (χ0v) is 10.7. The van der Waals surface area contributed by atoms with E-state index in [2.05, 4.69) is 32.5 Å². The van der Waals surface area contributed by atoms with E-state index in [-0.39, 0.29) is 0 Å². The van der Waals surface area contributed by atoms with Crippen molar-refractivity contribution >= 4 is 23.3 Å². The second kappa shape index (κ2) is 4.34. The smallest absolute Gasteiger partial charge is 0.178 e. The van der Waals surface area contributed by atoms with Crippen LogP contribution in [-0.2, 0) is 6.54 Å². The number of imidazole rings is 1. The summed E-state index contributed by atoms with van der Waals surface area (Å²) in [5, 5.41) is 0. The number of aromatic amines is 1. The molecule has 0 aliphatic heterocycles. The van der Waals surface area contributed by atoms with E-state index in [1.807, 2.05) is 18.2 Å². The fraction of sp³-hybridized carbons (Fsp3) is 0.154. The lowest BCUT2D eigenvalue weighted by atomic mass is 10.2. The van der Waals surface area contributed by atoms with E-state index in [4.69, 9.17) is 12.2 Å². The van der Waals surface area contributed by atoms with Crippen LogP contribution in [0.4, 0.5) is 0 Å². The molecule has 0 saturated heterocycles. The summed E-state index contributed by atoms with van der Waals surface area (Å²) >= 11 is 5.38. The van der Waals surface area contributed by atoms with Crippen molar-refractivity contribution in [2.75, 3.05) is 0 Å². The molecule has 3 rings (SSSR count). The number of aromatic nitrogens is 4. The van der Waals surface area contributed by atoms with Crippen LogP contribution < -0.4 is 0 Å². The molecule has 2 heterocycles. The van der Waals surface area contributed by atoms with Gasteiger partial charge in [-0.2, -0.15) is 0 Å². The molecule has 0 unspecified atom stereocenters. The van der Waals surface area contributed by atoms with Gasteiger partial charge >= 0.3 is 0 Å². The molecule has 0 radical (unpaired) electrons. The number of hydrogen-bond donors (Lipinski definition) is 1. The molecule has 1 N–H and O–H groups in total. The van der Waals surface area contributed by atoms with Gasteiger partial charge in [0.15, 0.2) is 4.77 Å². The van der Waals surface area contributed by atoms with Crippen molar-refractivity contribution in [2.24, 2.45) is 0 Å². The average Bonchev–Trinajstić information content (AvgIpc) is 2.69. The summed E-state index contributed by atoms with van der Waals surface area (Å²) < 4.78 is 2.79. The maximum absolute atomic E-state index is 5.38. The minimum Gasteiger partial charge on any atom is -0.331 e. The van der Waals surface area contributed by atoms with Crippen LogP contribution in [0, 0.1) is 11.7 Å². The van der Waals surface area contributed by atoms with Gasteiger partial charge in [-0.1, -0.05) is 12.1 Å². The molecule has 0 fully saturated rings. The number of nitrogens with one attached hydrogen (secondary N) is 1. The molecule has 2 aromatic heterocycles. The summed E-state index contributed by atoms with van der Waals surface area (Å²) in [6, 6.07) is 8.05. The van der Waals surface area contributed by atoms with E-state index in [1.165, 1.54) is 5.56 Å². The maximum atomic E-state index is 5.38. The van der Waals surface area contributed by atoms with Crippen molar-refractivity contribution in [2.45, 2.75) is 13.5 Å². The van der Waals surface area contributed by atoms with Crippen LogP contribution in [0.3, 0.4) is 0 Å². The molecule has 0 aliphatic rings.